The lowest BCUT2D eigenvalue weighted by Gasteiger charge is -2.33. The van der Waals surface area contributed by atoms with Gasteiger partial charge in [-0.1, -0.05) is 29.8 Å². The molecule has 0 atom stereocenters. The number of likely N-dealkylation sites (tertiary alicyclic amines) is 1. The van der Waals surface area contributed by atoms with Gasteiger partial charge < -0.3 is 24.7 Å². The van der Waals surface area contributed by atoms with E-state index in [-0.39, 0.29) is 24.0 Å². The van der Waals surface area contributed by atoms with Crippen molar-refractivity contribution in [3.05, 3.63) is 41.9 Å². The number of hydrogen-bond donors (Lipinski definition) is 2. The fourth-order valence-electron chi connectivity index (χ4n) is 3.61. The number of nitrogens with zero attached hydrogens (tertiary/aromatic N) is 3. The zero-order valence-electron chi connectivity index (χ0n) is 19.8. The van der Waals surface area contributed by atoms with Crippen LogP contribution in [0.2, 0.25) is 0 Å². The van der Waals surface area contributed by atoms with E-state index in [1.807, 2.05) is 0 Å². The number of benzene rings is 1. The van der Waals surface area contributed by atoms with Gasteiger partial charge in [0.05, 0.1) is 18.9 Å². The maximum absolute atomic E-state index is 5.90. The highest BCUT2D eigenvalue weighted by atomic mass is 127. The Morgan fingerprint density at radius 3 is 2.62 bits per heavy atom. The molecule has 1 fully saturated rings. The Kier molecular flexibility index (Phi) is 11.5. The van der Waals surface area contributed by atoms with Crippen LogP contribution in [0, 0.1) is 6.92 Å². The number of hydrogen-bond acceptors (Lipinski definition) is 5. The van der Waals surface area contributed by atoms with Crippen LogP contribution >= 0.6 is 24.0 Å². The maximum Gasteiger partial charge on any atom is 0.216 e. The molecule has 0 saturated carbocycles. The molecule has 178 valence electrons. The van der Waals surface area contributed by atoms with Crippen LogP contribution in [-0.4, -0.2) is 60.8 Å². The van der Waals surface area contributed by atoms with Gasteiger partial charge in [-0.2, -0.15) is 0 Å². The van der Waals surface area contributed by atoms with Crippen molar-refractivity contribution in [3.8, 4) is 11.3 Å². The highest BCUT2D eigenvalue weighted by Crippen LogP contribution is 2.21. The molecule has 1 aromatic carbocycles. The SMILES string of the molecule is CCNC(=NCc1ncc(-c2ccc(C)cc2)o1)NC1CCN(CCOC(C)C)CC1.I. The van der Waals surface area contributed by atoms with Crippen LogP contribution in [0.4, 0.5) is 0 Å². The van der Waals surface area contributed by atoms with Crippen molar-refractivity contribution in [2.75, 3.05) is 32.8 Å². The van der Waals surface area contributed by atoms with Crippen LogP contribution in [0.5, 0.6) is 0 Å². The fraction of sp³-hybridized carbons (Fsp3) is 0.583. The van der Waals surface area contributed by atoms with E-state index in [9.17, 15) is 0 Å². The molecule has 3 rings (SSSR count). The van der Waals surface area contributed by atoms with Crippen molar-refractivity contribution in [3.63, 3.8) is 0 Å². The van der Waals surface area contributed by atoms with Gasteiger partial charge in [0.2, 0.25) is 5.89 Å². The highest BCUT2D eigenvalue weighted by Gasteiger charge is 2.20. The predicted octanol–water partition coefficient (Wildman–Crippen LogP) is 4.21. The molecule has 0 unspecified atom stereocenters. The van der Waals surface area contributed by atoms with E-state index in [1.165, 1.54) is 5.56 Å². The number of nitrogens with one attached hydrogen (secondary N) is 2. The number of guanidine groups is 1. The molecule has 1 saturated heterocycles. The molecule has 0 amide bonds. The van der Waals surface area contributed by atoms with E-state index in [0.717, 1.165) is 62.9 Å². The van der Waals surface area contributed by atoms with Gasteiger partial charge in [0.1, 0.15) is 6.54 Å². The number of oxazole rings is 1. The fourth-order valence-corrected chi connectivity index (χ4v) is 3.61. The van der Waals surface area contributed by atoms with Crippen molar-refractivity contribution in [1.29, 1.82) is 0 Å². The van der Waals surface area contributed by atoms with Crippen molar-refractivity contribution >= 4 is 29.9 Å². The summed E-state index contributed by atoms with van der Waals surface area (Å²) in [4.78, 5) is 11.6. The molecule has 1 aromatic heterocycles. The lowest BCUT2D eigenvalue weighted by atomic mass is 10.1. The molecule has 7 nitrogen and oxygen atoms in total. The second kappa shape index (κ2) is 13.8. The molecule has 0 aliphatic carbocycles. The first kappa shape index (κ1) is 26.6. The summed E-state index contributed by atoms with van der Waals surface area (Å²) in [7, 11) is 0. The van der Waals surface area contributed by atoms with Gasteiger partial charge in [0.25, 0.3) is 0 Å². The molecule has 2 aromatic rings. The number of aromatic nitrogens is 1. The minimum Gasteiger partial charge on any atom is -0.439 e. The quantitative estimate of drug-likeness (QED) is 0.275. The average Bonchev–Trinajstić information content (AvgIpc) is 3.23. The molecule has 0 radical (unpaired) electrons. The van der Waals surface area contributed by atoms with Gasteiger partial charge >= 0.3 is 0 Å². The van der Waals surface area contributed by atoms with Gasteiger partial charge in [-0.3, -0.25) is 0 Å². The Hall–Kier alpha value is -1.65. The number of aryl methyl sites for hydroxylation is 1. The molecule has 0 bridgehead atoms. The summed E-state index contributed by atoms with van der Waals surface area (Å²) in [6.07, 6.45) is 4.27. The zero-order valence-corrected chi connectivity index (χ0v) is 22.1. The van der Waals surface area contributed by atoms with Gasteiger partial charge in [0, 0.05) is 37.8 Å². The number of aliphatic imine (C=N–C) groups is 1. The van der Waals surface area contributed by atoms with Crippen LogP contribution in [0.3, 0.4) is 0 Å². The topological polar surface area (TPSA) is 74.9 Å². The largest absolute Gasteiger partial charge is 0.439 e. The van der Waals surface area contributed by atoms with Crippen molar-refractivity contribution in [2.24, 2.45) is 4.99 Å². The summed E-state index contributed by atoms with van der Waals surface area (Å²) in [5.74, 6) is 2.21. The van der Waals surface area contributed by atoms with Crippen LogP contribution < -0.4 is 10.6 Å². The van der Waals surface area contributed by atoms with Gasteiger partial charge in [-0.15, -0.1) is 24.0 Å². The van der Waals surface area contributed by atoms with Crippen LogP contribution in [0.1, 0.15) is 45.1 Å². The normalized spacial score (nSPS) is 15.6. The van der Waals surface area contributed by atoms with Gasteiger partial charge in [-0.25, -0.2) is 9.98 Å². The molecule has 1 aliphatic rings. The van der Waals surface area contributed by atoms with E-state index < -0.39 is 0 Å². The summed E-state index contributed by atoms with van der Waals surface area (Å²) < 4.78 is 11.6. The molecular weight excluding hydrogens is 517 g/mol. The maximum atomic E-state index is 5.90. The summed E-state index contributed by atoms with van der Waals surface area (Å²) in [5, 5.41) is 6.92. The lowest BCUT2D eigenvalue weighted by Crippen LogP contribution is -2.49. The Labute approximate surface area is 209 Å². The minimum atomic E-state index is 0. The number of piperidine rings is 1. The summed E-state index contributed by atoms with van der Waals surface area (Å²) in [5.41, 5.74) is 2.26. The van der Waals surface area contributed by atoms with Crippen LogP contribution in [0.25, 0.3) is 11.3 Å². The number of rotatable bonds is 9. The molecule has 8 heteroatoms. The van der Waals surface area contributed by atoms with E-state index in [0.29, 0.717) is 24.6 Å². The van der Waals surface area contributed by atoms with Crippen LogP contribution in [-0.2, 0) is 11.3 Å². The third-order valence-corrected chi connectivity index (χ3v) is 5.39. The number of halogens is 1. The Morgan fingerprint density at radius 2 is 1.97 bits per heavy atom. The Bertz CT molecular complexity index is 814. The van der Waals surface area contributed by atoms with Gasteiger partial charge in [-0.05, 0) is 40.5 Å². The second-order valence-corrected chi connectivity index (χ2v) is 8.36. The first-order chi connectivity index (χ1) is 15.0. The van der Waals surface area contributed by atoms with Crippen molar-refractivity contribution in [2.45, 2.75) is 59.2 Å². The summed E-state index contributed by atoms with van der Waals surface area (Å²) in [6, 6.07) is 8.68. The van der Waals surface area contributed by atoms with E-state index >= 15 is 0 Å². The monoisotopic (exact) mass is 555 g/mol. The van der Waals surface area contributed by atoms with E-state index in [1.54, 1.807) is 6.20 Å². The van der Waals surface area contributed by atoms with E-state index in [4.69, 9.17) is 14.1 Å². The Morgan fingerprint density at radius 1 is 1.25 bits per heavy atom. The first-order valence-electron chi connectivity index (χ1n) is 11.4. The summed E-state index contributed by atoms with van der Waals surface area (Å²) in [6.45, 7) is 13.5. The highest BCUT2D eigenvalue weighted by molar-refractivity contribution is 14.0. The average molecular weight is 556 g/mol. The minimum absolute atomic E-state index is 0. The zero-order chi connectivity index (χ0) is 22.1. The lowest BCUT2D eigenvalue weighted by molar-refractivity contribution is 0.0532. The predicted molar refractivity (Wildman–Crippen MR) is 141 cm³/mol. The smallest absolute Gasteiger partial charge is 0.216 e. The molecule has 2 heterocycles. The van der Waals surface area contributed by atoms with Crippen LogP contribution in [0.15, 0.2) is 39.9 Å². The number of ether oxygens (including phenoxy) is 1. The summed E-state index contributed by atoms with van der Waals surface area (Å²) >= 11 is 0. The van der Waals surface area contributed by atoms with Crippen molar-refractivity contribution in [1.82, 2.24) is 20.5 Å². The third kappa shape index (κ3) is 8.71. The molecular formula is C24H38IN5O2. The first-order valence-corrected chi connectivity index (χ1v) is 11.4. The Balaban J connectivity index is 0.00000363. The van der Waals surface area contributed by atoms with Crippen molar-refractivity contribution < 1.29 is 9.15 Å². The molecule has 0 spiro atoms. The standard InChI is InChI=1S/C24H37N5O2.HI/c1-5-25-24(28-21-10-12-29(13-11-21)14-15-30-18(2)3)27-17-23-26-16-22(31-23)20-8-6-19(4)7-9-20;/h6-9,16,18,21H,5,10-15,17H2,1-4H3,(H2,25,27,28);1H. The molecule has 2 N–H and O–H groups in total. The third-order valence-electron chi connectivity index (χ3n) is 5.39. The second-order valence-electron chi connectivity index (χ2n) is 8.36. The van der Waals surface area contributed by atoms with Gasteiger partial charge in [0.15, 0.2) is 11.7 Å². The van der Waals surface area contributed by atoms with E-state index in [2.05, 4.69) is 72.5 Å². The molecule has 32 heavy (non-hydrogen) atoms. The molecule has 1 aliphatic heterocycles.